The van der Waals surface area contributed by atoms with Crippen LogP contribution in [0.1, 0.15) is 50.9 Å². The van der Waals surface area contributed by atoms with Gasteiger partial charge in [-0.1, -0.05) is 39.2 Å². The van der Waals surface area contributed by atoms with Crippen LogP contribution in [-0.4, -0.2) is 9.55 Å². The Morgan fingerprint density at radius 2 is 2.19 bits per heavy atom. The van der Waals surface area contributed by atoms with Gasteiger partial charge in [0, 0.05) is 6.54 Å². The van der Waals surface area contributed by atoms with E-state index in [1.165, 1.54) is 19.3 Å². The number of unbranched alkanes of at least 4 members (excludes halogenated alkanes) is 1. The van der Waals surface area contributed by atoms with Gasteiger partial charge in [-0.25, -0.2) is 4.98 Å². The van der Waals surface area contributed by atoms with Crippen LogP contribution in [0, 0.1) is 17.2 Å². The normalized spacial score (nSPS) is 12.5. The van der Waals surface area contributed by atoms with Gasteiger partial charge in [0.25, 0.3) is 0 Å². The minimum atomic E-state index is 0.379. The summed E-state index contributed by atoms with van der Waals surface area (Å²) in [6.45, 7) is 5.40. The van der Waals surface area contributed by atoms with E-state index in [-0.39, 0.29) is 0 Å². The van der Waals surface area contributed by atoms with Gasteiger partial charge >= 0.3 is 0 Å². The fourth-order valence-corrected chi connectivity index (χ4v) is 2.97. The molecule has 0 aliphatic rings. The molecule has 21 heavy (non-hydrogen) atoms. The smallest absolute Gasteiger partial charge is 0.124 e. The van der Waals surface area contributed by atoms with Crippen LogP contribution in [0.5, 0.6) is 0 Å². The van der Waals surface area contributed by atoms with Crippen molar-refractivity contribution in [3.05, 3.63) is 29.6 Å². The second-order valence-corrected chi connectivity index (χ2v) is 5.74. The Labute approximate surface area is 131 Å². The summed E-state index contributed by atoms with van der Waals surface area (Å²) < 4.78 is 2.20. The zero-order chi connectivity index (χ0) is 15.2. The summed E-state index contributed by atoms with van der Waals surface area (Å²) in [5, 5.41) is 9.22. The first-order valence-electron chi connectivity index (χ1n) is 7.69. The van der Waals surface area contributed by atoms with Gasteiger partial charge in [0.15, 0.2) is 0 Å². The number of hydrogen-bond donors (Lipinski definition) is 0. The lowest BCUT2D eigenvalue weighted by atomic mass is 9.99. The van der Waals surface area contributed by atoms with Crippen molar-refractivity contribution in [1.82, 2.24) is 9.55 Å². The average molecular weight is 304 g/mol. The highest BCUT2D eigenvalue weighted by atomic mass is 35.5. The van der Waals surface area contributed by atoms with E-state index in [0.29, 0.717) is 17.4 Å². The van der Waals surface area contributed by atoms with E-state index >= 15 is 0 Å². The molecule has 3 nitrogen and oxygen atoms in total. The minimum absolute atomic E-state index is 0.379. The summed E-state index contributed by atoms with van der Waals surface area (Å²) in [6, 6.07) is 7.98. The van der Waals surface area contributed by atoms with Crippen LogP contribution in [0.25, 0.3) is 11.0 Å². The van der Waals surface area contributed by atoms with Crippen molar-refractivity contribution in [3.63, 3.8) is 0 Å². The number of imidazole rings is 1. The molecule has 1 aromatic heterocycles. The highest BCUT2D eigenvalue weighted by molar-refractivity contribution is 6.16. The zero-order valence-corrected chi connectivity index (χ0v) is 13.5. The van der Waals surface area contributed by atoms with Crippen molar-refractivity contribution < 1.29 is 0 Å². The Bertz CT molecular complexity index is 639. The Morgan fingerprint density at radius 1 is 1.38 bits per heavy atom. The molecule has 0 saturated carbocycles. The molecule has 1 heterocycles. The number of rotatable bonds is 7. The molecule has 0 radical (unpaired) electrons. The summed E-state index contributed by atoms with van der Waals surface area (Å²) in [5.74, 6) is 1.88. The maximum atomic E-state index is 9.22. The molecular weight excluding hydrogens is 282 g/mol. The average Bonchev–Trinajstić information content (AvgIpc) is 2.88. The van der Waals surface area contributed by atoms with Crippen LogP contribution in [0.15, 0.2) is 18.2 Å². The Kier molecular flexibility index (Phi) is 5.64. The second kappa shape index (κ2) is 7.47. The third-order valence-corrected chi connectivity index (χ3v) is 4.32. The Morgan fingerprint density at radius 3 is 2.81 bits per heavy atom. The molecule has 0 spiro atoms. The predicted molar refractivity (Wildman–Crippen MR) is 87.3 cm³/mol. The van der Waals surface area contributed by atoms with Crippen molar-refractivity contribution in [2.24, 2.45) is 5.92 Å². The van der Waals surface area contributed by atoms with Gasteiger partial charge in [0.05, 0.1) is 17.0 Å². The SMILES string of the molecule is CCCCC(CC)Cn1c(CCl)nc2c(C#N)cccc21. The fourth-order valence-electron chi connectivity index (χ4n) is 2.77. The van der Waals surface area contributed by atoms with E-state index in [2.05, 4.69) is 29.5 Å². The minimum Gasteiger partial charge on any atom is -0.327 e. The number of fused-ring (bicyclic) bond motifs is 1. The quantitative estimate of drug-likeness (QED) is 0.685. The summed E-state index contributed by atoms with van der Waals surface area (Å²) >= 11 is 6.06. The van der Waals surface area contributed by atoms with Crippen LogP contribution in [0.2, 0.25) is 0 Å². The predicted octanol–water partition coefficient (Wildman–Crippen LogP) is 4.86. The molecule has 0 saturated heterocycles. The number of aromatic nitrogens is 2. The third-order valence-electron chi connectivity index (χ3n) is 4.08. The Hall–Kier alpha value is -1.53. The number of nitrogens with zero attached hydrogens (tertiary/aromatic N) is 3. The van der Waals surface area contributed by atoms with E-state index < -0.39 is 0 Å². The number of nitriles is 1. The van der Waals surface area contributed by atoms with Gasteiger partial charge in [-0.3, -0.25) is 0 Å². The lowest BCUT2D eigenvalue weighted by molar-refractivity contribution is 0.391. The van der Waals surface area contributed by atoms with Crippen LogP contribution >= 0.6 is 11.6 Å². The monoisotopic (exact) mass is 303 g/mol. The maximum Gasteiger partial charge on any atom is 0.124 e. The molecule has 0 aliphatic carbocycles. The van der Waals surface area contributed by atoms with E-state index in [9.17, 15) is 5.26 Å². The first-order chi connectivity index (χ1) is 10.2. The molecule has 0 amide bonds. The highest BCUT2D eigenvalue weighted by Gasteiger charge is 2.16. The molecule has 1 atom stereocenters. The van der Waals surface area contributed by atoms with Crippen molar-refractivity contribution in [2.45, 2.75) is 52.0 Å². The van der Waals surface area contributed by atoms with Gasteiger partial charge in [0.1, 0.15) is 17.4 Å². The third kappa shape index (κ3) is 3.39. The van der Waals surface area contributed by atoms with Gasteiger partial charge < -0.3 is 4.57 Å². The molecular formula is C17H22ClN3. The highest BCUT2D eigenvalue weighted by Crippen LogP contribution is 2.24. The number of alkyl halides is 1. The molecule has 4 heteroatoms. The largest absolute Gasteiger partial charge is 0.327 e. The molecule has 0 N–H and O–H groups in total. The van der Waals surface area contributed by atoms with Gasteiger partial charge in [0.2, 0.25) is 0 Å². The molecule has 1 unspecified atom stereocenters. The number of para-hydroxylation sites is 1. The summed E-state index contributed by atoms with van der Waals surface area (Å²) in [6.07, 6.45) is 4.86. The lowest BCUT2D eigenvalue weighted by Gasteiger charge is -2.17. The standard InChI is InChI=1S/C17H22ClN3/c1-3-5-7-13(4-2)12-21-15-9-6-8-14(11-19)17(15)20-16(21)10-18/h6,8-9,13H,3-5,7,10,12H2,1-2H3. The van der Waals surface area contributed by atoms with E-state index in [1.807, 2.05) is 18.2 Å². The van der Waals surface area contributed by atoms with E-state index in [0.717, 1.165) is 29.8 Å². The second-order valence-electron chi connectivity index (χ2n) is 5.47. The molecule has 1 aromatic carbocycles. The van der Waals surface area contributed by atoms with E-state index in [4.69, 9.17) is 11.6 Å². The molecule has 112 valence electrons. The van der Waals surface area contributed by atoms with Crippen molar-refractivity contribution in [1.29, 1.82) is 5.26 Å². The van der Waals surface area contributed by atoms with Gasteiger partial charge in [-0.2, -0.15) is 5.26 Å². The maximum absolute atomic E-state index is 9.22. The van der Waals surface area contributed by atoms with Crippen molar-refractivity contribution in [3.8, 4) is 6.07 Å². The summed E-state index contributed by atoms with van der Waals surface area (Å²) in [4.78, 5) is 4.58. The number of benzene rings is 1. The van der Waals surface area contributed by atoms with Gasteiger partial charge in [-0.05, 0) is 24.5 Å². The van der Waals surface area contributed by atoms with Crippen molar-refractivity contribution >= 4 is 22.6 Å². The summed E-state index contributed by atoms with van der Waals surface area (Å²) in [7, 11) is 0. The zero-order valence-electron chi connectivity index (χ0n) is 12.8. The lowest BCUT2D eigenvalue weighted by Crippen LogP contribution is -2.12. The van der Waals surface area contributed by atoms with Crippen LogP contribution < -0.4 is 0 Å². The fraction of sp³-hybridized carbons (Fsp3) is 0.529. The van der Waals surface area contributed by atoms with Crippen molar-refractivity contribution in [2.75, 3.05) is 0 Å². The van der Waals surface area contributed by atoms with Gasteiger partial charge in [-0.15, -0.1) is 11.6 Å². The topological polar surface area (TPSA) is 41.6 Å². The van der Waals surface area contributed by atoms with Crippen LogP contribution in [0.3, 0.4) is 0 Å². The van der Waals surface area contributed by atoms with E-state index in [1.54, 1.807) is 0 Å². The summed E-state index contributed by atoms with van der Waals surface area (Å²) in [5.41, 5.74) is 2.43. The molecule has 0 aliphatic heterocycles. The Balaban J connectivity index is 2.40. The van der Waals surface area contributed by atoms with Crippen LogP contribution in [0.4, 0.5) is 0 Å². The molecule has 0 fully saturated rings. The first kappa shape index (κ1) is 15.9. The molecule has 2 aromatic rings. The number of hydrogen-bond acceptors (Lipinski definition) is 2. The molecule has 0 bridgehead atoms. The first-order valence-corrected chi connectivity index (χ1v) is 8.22. The van der Waals surface area contributed by atoms with Crippen LogP contribution in [-0.2, 0) is 12.4 Å². The number of halogens is 1. The molecule has 2 rings (SSSR count).